The van der Waals surface area contributed by atoms with Crippen molar-refractivity contribution >= 4 is 28.6 Å². The van der Waals surface area contributed by atoms with Gasteiger partial charge in [-0.25, -0.2) is 0 Å². The molecule has 0 aliphatic carbocycles. The van der Waals surface area contributed by atoms with Crippen molar-refractivity contribution in [3.8, 4) is 0 Å². The van der Waals surface area contributed by atoms with Crippen LogP contribution in [0.2, 0.25) is 0 Å². The molecule has 0 aliphatic heterocycles. The van der Waals surface area contributed by atoms with Crippen molar-refractivity contribution < 1.29 is 9.53 Å². The summed E-state index contributed by atoms with van der Waals surface area (Å²) in [6, 6.07) is 0. The highest BCUT2D eigenvalue weighted by atomic mass is 127. The Balaban J connectivity index is 3.44. The maximum Gasteiger partial charge on any atom is 0.306 e. The minimum absolute atomic E-state index is 0.0679. The van der Waals surface area contributed by atoms with Crippen LogP contribution in [0.25, 0.3) is 0 Å². The predicted octanol–water partition coefficient (Wildman–Crippen LogP) is 2.65. The monoisotopic (exact) mass is 284 g/mol. The highest BCUT2D eigenvalue weighted by molar-refractivity contribution is 14.1. The summed E-state index contributed by atoms with van der Waals surface area (Å²) in [7, 11) is 0. The van der Waals surface area contributed by atoms with Crippen LogP contribution in [-0.4, -0.2) is 17.0 Å². The average Bonchev–Trinajstić information content (AvgIpc) is 1.99. The highest BCUT2D eigenvalue weighted by Gasteiger charge is 2.07. The van der Waals surface area contributed by atoms with Gasteiger partial charge in [-0.2, -0.15) is 0 Å². The maximum absolute atomic E-state index is 11.0. The lowest BCUT2D eigenvalue weighted by atomic mass is 10.1. The van der Waals surface area contributed by atoms with Crippen molar-refractivity contribution in [1.82, 2.24) is 0 Å². The first kappa shape index (κ1) is 12.2. The minimum atomic E-state index is -0.0679. The van der Waals surface area contributed by atoms with Gasteiger partial charge in [0, 0.05) is 10.8 Å². The molecule has 0 aromatic rings. The number of halogens is 1. The van der Waals surface area contributed by atoms with Gasteiger partial charge in [0.1, 0.15) is 0 Å². The van der Waals surface area contributed by atoms with Crippen LogP contribution in [0.3, 0.4) is 0 Å². The van der Waals surface area contributed by atoms with Crippen LogP contribution in [0.5, 0.6) is 0 Å². The minimum Gasteiger partial charge on any atom is -0.465 e. The summed E-state index contributed by atoms with van der Waals surface area (Å²) in [5.41, 5.74) is 0. The Kier molecular flexibility index (Phi) is 6.80. The van der Waals surface area contributed by atoms with E-state index in [-0.39, 0.29) is 5.97 Å². The maximum atomic E-state index is 11.0. The van der Waals surface area contributed by atoms with Gasteiger partial charge in [0.05, 0.1) is 6.61 Å². The summed E-state index contributed by atoms with van der Waals surface area (Å²) in [6.45, 7) is 6.68. The second-order valence-corrected chi connectivity index (χ2v) is 4.42. The molecule has 0 rings (SSSR count). The van der Waals surface area contributed by atoms with E-state index in [4.69, 9.17) is 4.74 Å². The third-order valence-electron chi connectivity index (χ3n) is 1.37. The molecular weight excluding hydrogens is 267 g/mol. The molecule has 0 N–H and O–H groups in total. The Morgan fingerprint density at radius 1 is 1.42 bits per heavy atom. The van der Waals surface area contributed by atoms with Crippen LogP contribution < -0.4 is 0 Å². The summed E-state index contributed by atoms with van der Waals surface area (Å²) in [4.78, 5) is 11.0. The molecular formula is C9H17IO2. The predicted molar refractivity (Wildman–Crippen MR) is 58.5 cm³/mol. The van der Waals surface area contributed by atoms with Crippen LogP contribution in [0.4, 0.5) is 0 Å². The van der Waals surface area contributed by atoms with Gasteiger partial charge in [-0.05, 0) is 11.8 Å². The van der Waals surface area contributed by atoms with Gasteiger partial charge < -0.3 is 4.74 Å². The fraction of sp³-hybridized carbons (Fsp3) is 0.889. The summed E-state index contributed by atoms with van der Waals surface area (Å²) >= 11 is 2.29. The largest absolute Gasteiger partial charge is 0.465 e. The number of hydrogen-bond acceptors (Lipinski definition) is 2. The first-order valence-electron chi connectivity index (χ1n) is 4.27. The van der Waals surface area contributed by atoms with Crippen molar-refractivity contribution in [2.24, 2.45) is 11.8 Å². The van der Waals surface area contributed by atoms with E-state index in [9.17, 15) is 4.79 Å². The molecule has 0 aromatic heterocycles. The molecule has 0 aliphatic rings. The molecule has 1 unspecified atom stereocenters. The topological polar surface area (TPSA) is 26.3 Å². The van der Waals surface area contributed by atoms with Crippen molar-refractivity contribution in [2.75, 3.05) is 11.0 Å². The normalized spacial score (nSPS) is 13.1. The number of carbonyl (C=O) groups excluding carboxylic acids is 1. The molecule has 0 radical (unpaired) electrons. The number of rotatable bonds is 5. The molecule has 2 nitrogen and oxygen atoms in total. The van der Waals surface area contributed by atoms with Crippen LogP contribution in [0, 0.1) is 11.8 Å². The molecule has 0 amide bonds. The molecule has 0 heterocycles. The van der Waals surface area contributed by atoms with E-state index in [0.717, 1.165) is 4.43 Å². The molecule has 72 valence electrons. The fourth-order valence-electron chi connectivity index (χ4n) is 0.672. The van der Waals surface area contributed by atoms with Gasteiger partial charge in [0.15, 0.2) is 0 Å². The van der Waals surface area contributed by atoms with E-state index in [0.29, 0.717) is 24.9 Å². The van der Waals surface area contributed by atoms with E-state index in [1.807, 2.05) is 13.8 Å². The number of alkyl halides is 1. The van der Waals surface area contributed by atoms with E-state index in [1.54, 1.807) is 0 Å². The summed E-state index contributed by atoms with van der Waals surface area (Å²) in [5.74, 6) is 0.802. The smallest absolute Gasteiger partial charge is 0.306 e. The van der Waals surface area contributed by atoms with Crippen molar-refractivity contribution in [2.45, 2.75) is 27.2 Å². The van der Waals surface area contributed by atoms with Gasteiger partial charge >= 0.3 is 5.97 Å². The van der Waals surface area contributed by atoms with Gasteiger partial charge in [-0.1, -0.05) is 43.4 Å². The standard InChI is InChI=1S/C9H17IO2/c1-7(2)4-9(11)12-6-8(3)5-10/h7-8H,4-6H2,1-3H3. The zero-order valence-electron chi connectivity index (χ0n) is 7.97. The molecule has 1 atom stereocenters. The third-order valence-corrected chi connectivity index (χ3v) is 2.87. The van der Waals surface area contributed by atoms with Crippen molar-refractivity contribution in [3.05, 3.63) is 0 Å². The molecule has 12 heavy (non-hydrogen) atoms. The second kappa shape index (κ2) is 6.69. The first-order chi connectivity index (χ1) is 5.56. The van der Waals surface area contributed by atoms with E-state index in [2.05, 4.69) is 29.5 Å². The number of hydrogen-bond donors (Lipinski definition) is 0. The van der Waals surface area contributed by atoms with Gasteiger partial charge in [0.25, 0.3) is 0 Å². The van der Waals surface area contributed by atoms with E-state index < -0.39 is 0 Å². The third kappa shape index (κ3) is 6.88. The lowest BCUT2D eigenvalue weighted by Gasteiger charge is -2.09. The lowest BCUT2D eigenvalue weighted by Crippen LogP contribution is -2.14. The molecule has 0 spiro atoms. The quantitative estimate of drug-likeness (QED) is 0.441. The van der Waals surface area contributed by atoms with E-state index >= 15 is 0 Å². The Morgan fingerprint density at radius 3 is 2.42 bits per heavy atom. The highest BCUT2D eigenvalue weighted by Crippen LogP contribution is 2.05. The van der Waals surface area contributed by atoms with Gasteiger partial charge in [-0.15, -0.1) is 0 Å². The molecule has 0 saturated heterocycles. The average molecular weight is 284 g/mol. The molecule has 0 bridgehead atoms. The summed E-state index contributed by atoms with van der Waals surface area (Å²) < 4.78 is 6.10. The van der Waals surface area contributed by atoms with Crippen molar-refractivity contribution in [3.63, 3.8) is 0 Å². The van der Waals surface area contributed by atoms with Gasteiger partial charge in [0.2, 0.25) is 0 Å². The zero-order chi connectivity index (χ0) is 9.56. The SMILES string of the molecule is CC(C)CC(=O)OCC(C)CI. The van der Waals surface area contributed by atoms with E-state index in [1.165, 1.54) is 0 Å². The Bertz CT molecular complexity index is 134. The van der Waals surface area contributed by atoms with Crippen LogP contribution >= 0.6 is 22.6 Å². The Labute approximate surface area is 88.2 Å². The zero-order valence-corrected chi connectivity index (χ0v) is 10.1. The Hall–Kier alpha value is 0.200. The number of carbonyl (C=O) groups is 1. The number of esters is 1. The summed E-state index contributed by atoms with van der Waals surface area (Å²) in [5, 5.41) is 0. The number of ether oxygens (including phenoxy) is 1. The fourth-order valence-corrected chi connectivity index (χ4v) is 0.926. The Morgan fingerprint density at radius 2 is 2.00 bits per heavy atom. The van der Waals surface area contributed by atoms with Crippen LogP contribution in [0.15, 0.2) is 0 Å². The van der Waals surface area contributed by atoms with Crippen LogP contribution in [-0.2, 0) is 9.53 Å². The first-order valence-corrected chi connectivity index (χ1v) is 5.80. The van der Waals surface area contributed by atoms with Crippen LogP contribution in [0.1, 0.15) is 27.2 Å². The summed E-state index contributed by atoms with van der Waals surface area (Å²) in [6.07, 6.45) is 0.536. The lowest BCUT2D eigenvalue weighted by molar-refractivity contribution is -0.145. The molecule has 0 aromatic carbocycles. The van der Waals surface area contributed by atoms with Crippen molar-refractivity contribution in [1.29, 1.82) is 0 Å². The van der Waals surface area contributed by atoms with Gasteiger partial charge in [-0.3, -0.25) is 4.79 Å². The second-order valence-electron chi connectivity index (χ2n) is 3.54. The molecule has 0 saturated carbocycles. The molecule has 3 heteroatoms. The molecule has 0 fully saturated rings.